The maximum atomic E-state index is 11.6. The highest BCUT2D eigenvalue weighted by Crippen LogP contribution is 2.32. The molecule has 1 aliphatic heterocycles. The van der Waals surface area contributed by atoms with Crippen LogP contribution in [0.25, 0.3) is 0 Å². The zero-order valence-electron chi connectivity index (χ0n) is 11.2. The van der Waals surface area contributed by atoms with E-state index in [4.69, 9.17) is 9.47 Å². The Morgan fingerprint density at radius 1 is 1.11 bits per heavy atom. The van der Waals surface area contributed by atoms with Gasteiger partial charge in [-0.1, -0.05) is 6.07 Å². The molecule has 3 nitrogen and oxygen atoms in total. The Kier molecular flexibility index (Phi) is 3.72. The highest BCUT2D eigenvalue weighted by Gasteiger charge is 2.23. The second kappa shape index (κ2) is 5.64. The molecule has 0 radical (unpaired) electrons. The van der Waals surface area contributed by atoms with Gasteiger partial charge in [0.05, 0.1) is 13.2 Å². The predicted octanol–water partition coefficient (Wildman–Crippen LogP) is 3.15. The van der Waals surface area contributed by atoms with Crippen molar-refractivity contribution < 1.29 is 14.3 Å². The Bertz CT molecular complexity index is 467. The van der Waals surface area contributed by atoms with Gasteiger partial charge in [0.15, 0.2) is 11.5 Å². The monoisotopic (exact) mass is 260 g/mol. The van der Waals surface area contributed by atoms with Gasteiger partial charge in [-0.05, 0) is 43.4 Å². The van der Waals surface area contributed by atoms with Crippen LogP contribution in [0.5, 0.6) is 11.5 Å². The van der Waals surface area contributed by atoms with E-state index in [9.17, 15) is 4.79 Å². The molecule has 1 heterocycles. The van der Waals surface area contributed by atoms with Crippen molar-refractivity contribution in [2.24, 2.45) is 5.92 Å². The molecule has 1 fully saturated rings. The van der Waals surface area contributed by atoms with Crippen LogP contribution < -0.4 is 9.47 Å². The van der Waals surface area contributed by atoms with Crippen LogP contribution in [0.15, 0.2) is 18.2 Å². The third-order valence-electron chi connectivity index (χ3n) is 4.02. The van der Waals surface area contributed by atoms with E-state index in [1.165, 1.54) is 5.56 Å². The van der Waals surface area contributed by atoms with E-state index < -0.39 is 0 Å². The third kappa shape index (κ3) is 2.91. The summed E-state index contributed by atoms with van der Waals surface area (Å²) in [5, 5.41) is 0. The average molecular weight is 260 g/mol. The molecule has 0 aromatic heterocycles. The van der Waals surface area contributed by atoms with Crippen molar-refractivity contribution in [2.45, 2.75) is 38.5 Å². The third-order valence-corrected chi connectivity index (χ3v) is 4.02. The molecule has 102 valence electrons. The van der Waals surface area contributed by atoms with E-state index in [2.05, 4.69) is 12.1 Å². The fraction of sp³-hybridized carbons (Fsp3) is 0.562. The van der Waals surface area contributed by atoms with E-state index in [-0.39, 0.29) is 5.92 Å². The molecule has 0 bridgehead atoms. The number of rotatable bonds is 3. The van der Waals surface area contributed by atoms with Crippen molar-refractivity contribution in [3.63, 3.8) is 0 Å². The standard InChI is InChI=1S/C16H20O3/c17-14-4-1-3-13(14)7-5-12-6-8-15-16(11-12)19-10-2-9-18-15/h6,8,11,13H,1-5,7,9-10H2. The Morgan fingerprint density at radius 3 is 2.74 bits per heavy atom. The summed E-state index contributed by atoms with van der Waals surface area (Å²) < 4.78 is 11.3. The van der Waals surface area contributed by atoms with Gasteiger partial charge in [-0.2, -0.15) is 0 Å². The molecule has 1 saturated carbocycles. The van der Waals surface area contributed by atoms with E-state index in [0.717, 1.165) is 63.2 Å². The molecular weight excluding hydrogens is 240 g/mol. The highest BCUT2D eigenvalue weighted by molar-refractivity contribution is 5.82. The van der Waals surface area contributed by atoms with Gasteiger partial charge in [-0.25, -0.2) is 0 Å². The highest BCUT2D eigenvalue weighted by atomic mass is 16.5. The Labute approximate surface area is 113 Å². The molecule has 0 spiro atoms. The van der Waals surface area contributed by atoms with Crippen LogP contribution in [0.3, 0.4) is 0 Å². The van der Waals surface area contributed by atoms with E-state index in [1.54, 1.807) is 0 Å². The predicted molar refractivity (Wildman–Crippen MR) is 72.7 cm³/mol. The molecule has 0 amide bonds. The maximum Gasteiger partial charge on any atom is 0.161 e. The van der Waals surface area contributed by atoms with Crippen molar-refractivity contribution in [2.75, 3.05) is 13.2 Å². The Balaban J connectivity index is 1.65. The zero-order valence-corrected chi connectivity index (χ0v) is 11.2. The fourth-order valence-corrected chi connectivity index (χ4v) is 2.90. The molecular formula is C16H20O3. The van der Waals surface area contributed by atoms with Crippen molar-refractivity contribution in [1.29, 1.82) is 0 Å². The van der Waals surface area contributed by atoms with Gasteiger partial charge in [0.25, 0.3) is 0 Å². The number of fused-ring (bicyclic) bond motifs is 1. The largest absolute Gasteiger partial charge is 0.490 e. The van der Waals surface area contributed by atoms with Crippen LogP contribution >= 0.6 is 0 Å². The lowest BCUT2D eigenvalue weighted by atomic mass is 9.97. The molecule has 1 aliphatic carbocycles. The normalized spacial score (nSPS) is 22.3. The second-order valence-corrected chi connectivity index (χ2v) is 5.43. The minimum atomic E-state index is 0.288. The van der Waals surface area contributed by atoms with E-state index >= 15 is 0 Å². The minimum Gasteiger partial charge on any atom is -0.490 e. The zero-order chi connectivity index (χ0) is 13.1. The number of hydrogen-bond acceptors (Lipinski definition) is 3. The lowest BCUT2D eigenvalue weighted by Crippen LogP contribution is -2.07. The van der Waals surface area contributed by atoms with Crippen LogP contribution in [-0.4, -0.2) is 19.0 Å². The van der Waals surface area contributed by atoms with Crippen molar-refractivity contribution in [3.05, 3.63) is 23.8 Å². The molecule has 0 saturated heterocycles. The summed E-state index contributed by atoms with van der Waals surface area (Å²) in [6.07, 6.45) is 5.78. The molecule has 3 heteroatoms. The van der Waals surface area contributed by atoms with Crippen molar-refractivity contribution in [1.82, 2.24) is 0 Å². The first-order chi connectivity index (χ1) is 9.33. The fourth-order valence-electron chi connectivity index (χ4n) is 2.90. The summed E-state index contributed by atoms with van der Waals surface area (Å²) in [4.78, 5) is 11.6. The van der Waals surface area contributed by atoms with Crippen LogP contribution in [0.1, 0.15) is 37.7 Å². The Morgan fingerprint density at radius 2 is 1.95 bits per heavy atom. The van der Waals surface area contributed by atoms with Crippen molar-refractivity contribution >= 4 is 5.78 Å². The van der Waals surface area contributed by atoms with Gasteiger partial charge in [0.1, 0.15) is 5.78 Å². The number of ether oxygens (including phenoxy) is 2. The van der Waals surface area contributed by atoms with E-state index in [0.29, 0.717) is 5.78 Å². The van der Waals surface area contributed by atoms with Gasteiger partial charge in [-0.3, -0.25) is 4.79 Å². The number of benzene rings is 1. The summed E-state index contributed by atoms with van der Waals surface area (Å²) in [5.74, 6) is 2.44. The molecule has 1 aromatic rings. The summed E-state index contributed by atoms with van der Waals surface area (Å²) in [6, 6.07) is 6.15. The first kappa shape index (κ1) is 12.5. The summed E-state index contributed by atoms with van der Waals surface area (Å²) >= 11 is 0. The lowest BCUT2D eigenvalue weighted by Gasteiger charge is -2.11. The number of Topliss-reactive ketones (excluding diaryl/α,β-unsaturated/α-hetero) is 1. The maximum absolute atomic E-state index is 11.6. The second-order valence-electron chi connectivity index (χ2n) is 5.43. The van der Waals surface area contributed by atoms with E-state index in [1.807, 2.05) is 6.07 Å². The molecule has 1 aromatic carbocycles. The van der Waals surface area contributed by atoms with Crippen molar-refractivity contribution in [3.8, 4) is 11.5 Å². The molecule has 2 aliphatic rings. The molecule has 19 heavy (non-hydrogen) atoms. The minimum absolute atomic E-state index is 0.288. The van der Waals surface area contributed by atoms with Crippen LogP contribution in [0.4, 0.5) is 0 Å². The van der Waals surface area contributed by atoms with Crippen LogP contribution in [0.2, 0.25) is 0 Å². The topological polar surface area (TPSA) is 35.5 Å². The first-order valence-electron chi connectivity index (χ1n) is 7.24. The molecule has 1 unspecified atom stereocenters. The summed E-state index contributed by atoms with van der Waals surface area (Å²) in [7, 11) is 0. The molecule has 0 N–H and O–H groups in total. The smallest absolute Gasteiger partial charge is 0.161 e. The van der Waals surface area contributed by atoms with Crippen LogP contribution in [0, 0.1) is 5.92 Å². The first-order valence-corrected chi connectivity index (χ1v) is 7.24. The summed E-state index contributed by atoms with van der Waals surface area (Å²) in [6.45, 7) is 1.44. The molecule has 1 atom stereocenters. The van der Waals surface area contributed by atoms with Gasteiger partial charge >= 0.3 is 0 Å². The SMILES string of the molecule is O=C1CCCC1CCc1ccc2c(c1)OCCCO2. The quantitative estimate of drug-likeness (QED) is 0.837. The number of carbonyl (C=O) groups excluding carboxylic acids is 1. The molecule has 3 rings (SSSR count). The number of ketones is 1. The van der Waals surface area contributed by atoms with Gasteiger partial charge in [0.2, 0.25) is 0 Å². The lowest BCUT2D eigenvalue weighted by molar-refractivity contribution is -0.120. The number of carbonyl (C=O) groups is 1. The summed E-state index contributed by atoms with van der Waals surface area (Å²) in [5.41, 5.74) is 1.24. The van der Waals surface area contributed by atoms with Gasteiger partial charge in [-0.15, -0.1) is 0 Å². The van der Waals surface area contributed by atoms with Gasteiger partial charge in [0, 0.05) is 18.8 Å². The average Bonchev–Trinajstić information content (AvgIpc) is 2.70. The van der Waals surface area contributed by atoms with Gasteiger partial charge < -0.3 is 9.47 Å². The number of hydrogen-bond donors (Lipinski definition) is 0. The number of aryl methyl sites for hydroxylation is 1. The Hall–Kier alpha value is -1.51. The van der Waals surface area contributed by atoms with Crippen LogP contribution in [-0.2, 0) is 11.2 Å².